The van der Waals surface area contributed by atoms with E-state index in [9.17, 15) is 20.1 Å². The van der Waals surface area contributed by atoms with Gasteiger partial charge in [-0.1, -0.05) is 55.1 Å². The van der Waals surface area contributed by atoms with Crippen molar-refractivity contribution in [1.82, 2.24) is 9.55 Å². The molecule has 0 bridgehead atoms. The number of hydrogen-bond acceptors (Lipinski definition) is 5. The smallest absolute Gasteiger partial charge is 0.828 e. The molecule has 10 heteroatoms. The minimum Gasteiger partial charge on any atom is -0.828 e. The van der Waals surface area contributed by atoms with E-state index in [4.69, 9.17) is 21.3 Å². The van der Waals surface area contributed by atoms with Gasteiger partial charge >= 0.3 is 35.5 Å². The summed E-state index contributed by atoms with van der Waals surface area (Å²) in [6, 6.07) is 21.7. The Kier molecular flexibility index (Phi) is 10.1. The molecule has 1 aliphatic carbocycles. The number of hydrogen-bond donors (Lipinski definition) is 2. The Balaban J connectivity index is 0.00000384. The SMILES string of the molecule is O=C(O)c1ccc(-c2ccc(Cl)cc2)c(COc2ccc(-c3nc4cc(C([O-])O)ccc4n3C3CCCCC3)c(F)c2)c1.[Na+]. The standard InChI is InChI=1S/C34H29ClFN2O5.Na/c35-24-10-6-20(7-11-24)27-13-8-21(33(39)40)16-23(27)19-43-26-12-14-28(29(36)18-26)32-37-30-17-22(34(41)42)9-15-31(30)38(32)25-4-2-1-3-5-25;/h6-18,25,34,41H,1-5,19H2,(H,39,40);/q-1;+1. The average Bonchev–Trinajstić information content (AvgIpc) is 3.39. The normalized spacial score (nSPS) is 14.3. The number of nitrogens with zero attached hydrogens (tertiary/aromatic N) is 2. The Labute approximate surface area is 281 Å². The number of aliphatic hydroxyl groups is 1. The fraction of sp³-hybridized carbons (Fsp3) is 0.235. The van der Waals surface area contributed by atoms with Crippen LogP contribution in [0.25, 0.3) is 33.5 Å². The van der Waals surface area contributed by atoms with Crippen molar-refractivity contribution in [2.75, 3.05) is 0 Å². The molecule has 1 aromatic heterocycles. The van der Waals surface area contributed by atoms with E-state index < -0.39 is 18.1 Å². The molecule has 4 aromatic carbocycles. The first-order valence-corrected chi connectivity index (χ1v) is 14.6. The van der Waals surface area contributed by atoms with E-state index in [0.717, 1.165) is 48.7 Å². The summed E-state index contributed by atoms with van der Waals surface area (Å²) >= 11 is 6.05. The van der Waals surface area contributed by atoms with E-state index in [1.165, 1.54) is 12.1 Å². The van der Waals surface area contributed by atoms with Crippen molar-refractivity contribution in [2.45, 2.75) is 51.0 Å². The molecule has 1 heterocycles. The van der Waals surface area contributed by atoms with E-state index in [1.54, 1.807) is 54.6 Å². The second kappa shape index (κ2) is 13.8. The van der Waals surface area contributed by atoms with E-state index in [-0.39, 0.29) is 59.1 Å². The van der Waals surface area contributed by atoms with Crippen molar-refractivity contribution in [3.05, 3.63) is 106 Å². The third-order valence-corrected chi connectivity index (χ3v) is 8.27. The van der Waals surface area contributed by atoms with Gasteiger partial charge in [0.05, 0.1) is 22.2 Å². The molecule has 0 aliphatic heterocycles. The number of carboxylic acid groups (broad SMARTS) is 1. The number of aromatic nitrogens is 2. The molecule has 1 atom stereocenters. The van der Waals surface area contributed by atoms with Gasteiger partial charge in [-0.05, 0) is 83.6 Å². The molecule has 44 heavy (non-hydrogen) atoms. The number of ether oxygens (including phenoxy) is 1. The summed E-state index contributed by atoms with van der Waals surface area (Å²) < 4.78 is 23.8. The van der Waals surface area contributed by atoms with E-state index >= 15 is 4.39 Å². The second-order valence-corrected chi connectivity index (χ2v) is 11.2. The van der Waals surface area contributed by atoms with Crippen LogP contribution < -0.4 is 39.4 Å². The van der Waals surface area contributed by atoms with Gasteiger partial charge in [-0.3, -0.25) is 0 Å². The van der Waals surface area contributed by atoms with Gasteiger partial charge in [-0.25, -0.2) is 14.2 Å². The zero-order valence-corrected chi connectivity index (χ0v) is 26.9. The molecule has 7 nitrogen and oxygen atoms in total. The van der Waals surface area contributed by atoms with Crippen molar-refractivity contribution >= 4 is 28.6 Å². The van der Waals surface area contributed by atoms with Gasteiger partial charge < -0.3 is 24.6 Å². The topological polar surface area (TPSA) is 108 Å². The number of halogens is 2. The number of carboxylic acids is 1. The van der Waals surface area contributed by atoms with Gasteiger partial charge in [0, 0.05) is 23.4 Å². The molecular formula is C34H29ClFN2NaO5. The van der Waals surface area contributed by atoms with Crippen LogP contribution in [0.5, 0.6) is 5.75 Å². The van der Waals surface area contributed by atoms with Crippen LogP contribution >= 0.6 is 11.6 Å². The van der Waals surface area contributed by atoms with Crippen molar-refractivity contribution in [1.29, 1.82) is 0 Å². The number of aliphatic hydroxyl groups excluding tert-OH is 1. The molecule has 220 valence electrons. The number of fused-ring (bicyclic) bond motifs is 1. The van der Waals surface area contributed by atoms with Crippen LogP contribution in [0.2, 0.25) is 5.02 Å². The molecule has 6 rings (SSSR count). The van der Waals surface area contributed by atoms with Crippen LogP contribution in [0.3, 0.4) is 0 Å². The Bertz CT molecular complexity index is 1800. The summed E-state index contributed by atoms with van der Waals surface area (Å²) in [5.74, 6) is -0.841. The molecule has 1 aliphatic rings. The van der Waals surface area contributed by atoms with Gasteiger partial charge in [-0.15, -0.1) is 0 Å². The fourth-order valence-corrected chi connectivity index (χ4v) is 5.98. The molecule has 0 saturated heterocycles. The Morgan fingerprint density at radius 2 is 1.73 bits per heavy atom. The van der Waals surface area contributed by atoms with Gasteiger partial charge in [0.25, 0.3) is 0 Å². The van der Waals surface area contributed by atoms with Crippen molar-refractivity contribution in [3.8, 4) is 28.3 Å². The predicted octanol–water partition coefficient (Wildman–Crippen LogP) is 4.30. The quantitative estimate of drug-likeness (QED) is 0.197. The summed E-state index contributed by atoms with van der Waals surface area (Å²) in [5, 5.41) is 31.4. The van der Waals surface area contributed by atoms with Crippen LogP contribution in [0.4, 0.5) is 4.39 Å². The van der Waals surface area contributed by atoms with Gasteiger partial charge in [0.1, 0.15) is 24.0 Å². The van der Waals surface area contributed by atoms with Gasteiger partial charge in [-0.2, -0.15) is 0 Å². The summed E-state index contributed by atoms with van der Waals surface area (Å²) in [6.07, 6.45) is 3.30. The number of aromatic carboxylic acids is 1. The summed E-state index contributed by atoms with van der Waals surface area (Å²) in [7, 11) is 0. The van der Waals surface area contributed by atoms with Crippen molar-refractivity contribution in [3.63, 3.8) is 0 Å². The summed E-state index contributed by atoms with van der Waals surface area (Å²) in [4.78, 5) is 16.4. The first-order chi connectivity index (χ1) is 20.8. The van der Waals surface area contributed by atoms with Crippen LogP contribution in [0.15, 0.2) is 78.9 Å². The molecule has 0 spiro atoms. The molecule has 1 fully saturated rings. The molecule has 5 aromatic rings. The van der Waals surface area contributed by atoms with Crippen LogP contribution in [-0.4, -0.2) is 25.7 Å². The van der Waals surface area contributed by atoms with Crippen molar-refractivity contribution < 1.29 is 58.8 Å². The number of rotatable bonds is 8. The molecule has 1 saturated carbocycles. The number of imidazole rings is 1. The molecule has 0 radical (unpaired) electrons. The van der Waals surface area contributed by atoms with Crippen LogP contribution in [0, 0.1) is 5.82 Å². The average molecular weight is 623 g/mol. The minimum absolute atomic E-state index is 0. The van der Waals surface area contributed by atoms with Gasteiger partial charge in [0.15, 0.2) is 0 Å². The fourth-order valence-electron chi connectivity index (χ4n) is 5.85. The first kappa shape index (κ1) is 32.2. The third kappa shape index (κ3) is 6.71. The minimum atomic E-state index is -1.88. The number of benzene rings is 4. The molecule has 2 N–H and O–H groups in total. The molecule has 0 amide bonds. The van der Waals surface area contributed by atoms with E-state index in [0.29, 0.717) is 27.5 Å². The Hall–Kier alpha value is -3.24. The third-order valence-electron chi connectivity index (χ3n) is 8.02. The monoisotopic (exact) mass is 622 g/mol. The summed E-state index contributed by atoms with van der Waals surface area (Å²) in [6.45, 7) is 0.0127. The predicted molar refractivity (Wildman–Crippen MR) is 160 cm³/mol. The van der Waals surface area contributed by atoms with Crippen LogP contribution in [-0.2, 0) is 6.61 Å². The maximum Gasteiger partial charge on any atom is 1.00 e. The van der Waals surface area contributed by atoms with Crippen LogP contribution in [0.1, 0.15) is 65.9 Å². The Morgan fingerprint density at radius 1 is 1.00 bits per heavy atom. The van der Waals surface area contributed by atoms with E-state index in [1.807, 2.05) is 12.1 Å². The number of carbonyl (C=O) groups is 1. The zero-order valence-electron chi connectivity index (χ0n) is 24.2. The van der Waals surface area contributed by atoms with Crippen molar-refractivity contribution in [2.24, 2.45) is 0 Å². The zero-order chi connectivity index (χ0) is 30.1. The molecular weight excluding hydrogens is 594 g/mol. The first-order valence-electron chi connectivity index (χ1n) is 14.2. The second-order valence-electron chi connectivity index (χ2n) is 10.8. The maximum absolute atomic E-state index is 15.8. The largest absolute Gasteiger partial charge is 1.00 e. The molecule has 1 unspecified atom stereocenters. The summed E-state index contributed by atoms with van der Waals surface area (Å²) in [5.41, 5.74) is 4.20. The maximum atomic E-state index is 15.8. The Morgan fingerprint density at radius 3 is 2.41 bits per heavy atom. The van der Waals surface area contributed by atoms with E-state index in [2.05, 4.69) is 4.57 Å². The van der Waals surface area contributed by atoms with Gasteiger partial charge in [0.2, 0.25) is 0 Å².